The molecule has 2 amide bonds. The first-order chi connectivity index (χ1) is 14.8. The first-order valence-electron chi connectivity index (χ1n) is 9.65. The topological polar surface area (TPSA) is 99.0 Å². The van der Waals surface area contributed by atoms with Crippen LogP contribution in [0.5, 0.6) is 11.5 Å². The molecule has 2 aromatic rings. The van der Waals surface area contributed by atoms with E-state index in [0.717, 1.165) is 23.1 Å². The normalized spacial score (nSPS) is 16.0. The fourth-order valence-corrected chi connectivity index (χ4v) is 3.70. The van der Waals surface area contributed by atoms with Crippen molar-refractivity contribution in [3.05, 3.63) is 68.6 Å². The Hall–Kier alpha value is -3.33. The van der Waals surface area contributed by atoms with Crippen LogP contribution in [0.3, 0.4) is 0 Å². The lowest BCUT2D eigenvalue weighted by Crippen LogP contribution is -2.27. The van der Waals surface area contributed by atoms with Gasteiger partial charge in [-0.2, -0.15) is 0 Å². The summed E-state index contributed by atoms with van der Waals surface area (Å²) in [5.74, 6) is 0.742. The second-order valence-electron chi connectivity index (χ2n) is 6.94. The molecule has 3 rings (SSSR count). The second-order valence-corrected chi connectivity index (χ2v) is 7.93. The summed E-state index contributed by atoms with van der Waals surface area (Å²) in [7, 11) is 1.54. The maximum Gasteiger partial charge on any atom is 0.293 e. The SMILES string of the molecule is CC[C@@H](C)Oc1ccc(/C=C2\SC(=O)N(Cc3ccc([N+](=O)[O-])cc3)C2=O)cc1OC. The molecule has 1 aliphatic rings. The standard InChI is InChI=1S/C22H22N2O6S/c1-4-14(2)30-18-10-7-16(11-19(18)29-3)12-20-21(25)23(22(26)31-20)13-15-5-8-17(9-6-15)24(27)28/h5-12,14H,4,13H2,1-3H3/b20-12-/t14-/m1/s1. The number of thioether (sulfide) groups is 1. The number of rotatable bonds is 8. The van der Waals surface area contributed by atoms with Crippen molar-refractivity contribution in [1.29, 1.82) is 0 Å². The quantitative estimate of drug-likeness (QED) is 0.322. The third kappa shape index (κ3) is 5.24. The Labute approximate surface area is 184 Å². The van der Waals surface area contributed by atoms with Crippen LogP contribution in [0.1, 0.15) is 31.4 Å². The van der Waals surface area contributed by atoms with Gasteiger partial charge in [-0.25, -0.2) is 0 Å². The Morgan fingerprint density at radius 1 is 1.16 bits per heavy atom. The number of hydrogen-bond donors (Lipinski definition) is 0. The van der Waals surface area contributed by atoms with E-state index in [4.69, 9.17) is 9.47 Å². The van der Waals surface area contributed by atoms with Gasteiger partial charge in [0.1, 0.15) is 0 Å². The van der Waals surface area contributed by atoms with Crippen LogP contribution in [0, 0.1) is 10.1 Å². The van der Waals surface area contributed by atoms with Crippen molar-refractivity contribution < 1.29 is 24.0 Å². The third-order valence-electron chi connectivity index (χ3n) is 4.75. The smallest absolute Gasteiger partial charge is 0.293 e. The third-order valence-corrected chi connectivity index (χ3v) is 5.66. The molecule has 0 radical (unpaired) electrons. The highest BCUT2D eigenvalue weighted by Gasteiger charge is 2.35. The minimum absolute atomic E-state index is 0.0377. The zero-order chi connectivity index (χ0) is 22.5. The monoisotopic (exact) mass is 442 g/mol. The van der Waals surface area contributed by atoms with E-state index in [1.165, 1.54) is 24.3 Å². The largest absolute Gasteiger partial charge is 0.493 e. The zero-order valence-electron chi connectivity index (χ0n) is 17.4. The van der Waals surface area contributed by atoms with E-state index in [1.807, 2.05) is 13.8 Å². The van der Waals surface area contributed by atoms with Gasteiger partial charge in [0.15, 0.2) is 11.5 Å². The Morgan fingerprint density at radius 3 is 2.48 bits per heavy atom. The van der Waals surface area contributed by atoms with Gasteiger partial charge in [0.05, 0.1) is 29.6 Å². The molecule has 2 aromatic carbocycles. The highest BCUT2D eigenvalue weighted by molar-refractivity contribution is 8.18. The number of benzene rings is 2. The maximum atomic E-state index is 12.8. The fraction of sp³-hybridized carbons (Fsp3) is 0.273. The number of carbonyl (C=O) groups is 2. The Bertz CT molecular complexity index is 1030. The van der Waals surface area contributed by atoms with E-state index < -0.39 is 16.1 Å². The number of hydrogen-bond acceptors (Lipinski definition) is 7. The Kier molecular flexibility index (Phi) is 6.96. The molecule has 0 saturated carbocycles. The van der Waals surface area contributed by atoms with Gasteiger partial charge in [0, 0.05) is 12.1 Å². The molecule has 0 N–H and O–H groups in total. The summed E-state index contributed by atoms with van der Waals surface area (Å²) in [5.41, 5.74) is 1.28. The first kappa shape index (κ1) is 22.4. The summed E-state index contributed by atoms with van der Waals surface area (Å²) < 4.78 is 11.2. The number of amides is 2. The number of nitro groups is 1. The molecule has 0 aromatic heterocycles. The maximum absolute atomic E-state index is 12.8. The summed E-state index contributed by atoms with van der Waals surface area (Å²) in [6.07, 6.45) is 2.53. The van der Waals surface area contributed by atoms with Crippen LogP contribution in [0.2, 0.25) is 0 Å². The molecule has 0 spiro atoms. The number of imide groups is 1. The Morgan fingerprint density at radius 2 is 1.87 bits per heavy atom. The van der Waals surface area contributed by atoms with Gasteiger partial charge in [-0.1, -0.05) is 25.1 Å². The molecule has 162 valence electrons. The number of ether oxygens (including phenoxy) is 2. The summed E-state index contributed by atoms with van der Waals surface area (Å²) in [6, 6.07) is 11.1. The molecule has 1 atom stereocenters. The lowest BCUT2D eigenvalue weighted by Gasteiger charge is -2.15. The zero-order valence-corrected chi connectivity index (χ0v) is 18.2. The van der Waals surface area contributed by atoms with Crippen LogP contribution in [-0.4, -0.2) is 34.2 Å². The van der Waals surface area contributed by atoms with E-state index in [1.54, 1.807) is 31.4 Å². The van der Waals surface area contributed by atoms with Crippen LogP contribution in [0.25, 0.3) is 6.08 Å². The molecule has 9 heteroatoms. The van der Waals surface area contributed by atoms with Gasteiger partial charge in [-0.3, -0.25) is 24.6 Å². The molecule has 31 heavy (non-hydrogen) atoms. The van der Waals surface area contributed by atoms with Crippen LogP contribution >= 0.6 is 11.8 Å². The van der Waals surface area contributed by atoms with Crippen LogP contribution in [0.15, 0.2) is 47.4 Å². The average Bonchev–Trinajstić information content (AvgIpc) is 3.02. The number of methoxy groups -OCH3 is 1. The predicted octanol–water partition coefficient (Wildman–Crippen LogP) is 5.02. The molecule has 0 bridgehead atoms. The summed E-state index contributed by atoms with van der Waals surface area (Å²) >= 11 is 0.854. The van der Waals surface area contributed by atoms with Gasteiger partial charge >= 0.3 is 0 Å². The number of carbonyl (C=O) groups excluding carboxylic acids is 2. The molecule has 1 saturated heterocycles. The summed E-state index contributed by atoms with van der Waals surface area (Å²) in [4.78, 5) is 36.8. The lowest BCUT2D eigenvalue weighted by atomic mass is 10.1. The van der Waals surface area contributed by atoms with Crippen LogP contribution in [-0.2, 0) is 11.3 Å². The minimum atomic E-state index is -0.500. The highest BCUT2D eigenvalue weighted by Crippen LogP contribution is 2.35. The molecular weight excluding hydrogens is 420 g/mol. The van der Waals surface area contributed by atoms with Crippen molar-refractivity contribution in [1.82, 2.24) is 4.90 Å². The fourth-order valence-electron chi connectivity index (χ4n) is 2.86. The number of nitro benzene ring substituents is 1. The average molecular weight is 442 g/mol. The molecule has 1 aliphatic heterocycles. The van der Waals surface area contributed by atoms with Crippen LogP contribution < -0.4 is 9.47 Å². The van der Waals surface area contributed by atoms with Crippen molar-refractivity contribution in [2.75, 3.05) is 7.11 Å². The molecule has 1 heterocycles. The second kappa shape index (κ2) is 9.65. The van der Waals surface area contributed by atoms with E-state index in [9.17, 15) is 19.7 Å². The molecule has 0 aliphatic carbocycles. The van der Waals surface area contributed by atoms with Crippen molar-refractivity contribution in [2.45, 2.75) is 32.9 Å². The molecule has 1 fully saturated rings. The van der Waals surface area contributed by atoms with Gasteiger partial charge in [0.25, 0.3) is 16.8 Å². The van der Waals surface area contributed by atoms with Gasteiger partial charge in [-0.05, 0) is 54.4 Å². The number of nitrogens with zero attached hydrogens (tertiary/aromatic N) is 2. The minimum Gasteiger partial charge on any atom is -0.493 e. The summed E-state index contributed by atoms with van der Waals surface area (Å²) in [6.45, 7) is 4.04. The van der Waals surface area contributed by atoms with Crippen molar-refractivity contribution in [2.24, 2.45) is 0 Å². The summed E-state index contributed by atoms with van der Waals surface area (Å²) in [5, 5.41) is 10.4. The first-order valence-corrected chi connectivity index (χ1v) is 10.5. The van der Waals surface area contributed by atoms with Gasteiger partial charge in [0.2, 0.25) is 0 Å². The molecule has 0 unspecified atom stereocenters. The van der Waals surface area contributed by atoms with Crippen molar-refractivity contribution in [3.63, 3.8) is 0 Å². The predicted molar refractivity (Wildman–Crippen MR) is 118 cm³/mol. The van der Waals surface area contributed by atoms with Gasteiger partial charge in [-0.15, -0.1) is 0 Å². The van der Waals surface area contributed by atoms with E-state index in [2.05, 4.69) is 0 Å². The highest BCUT2D eigenvalue weighted by atomic mass is 32.2. The number of non-ortho nitro benzene ring substituents is 1. The molecule has 8 nitrogen and oxygen atoms in total. The lowest BCUT2D eigenvalue weighted by molar-refractivity contribution is -0.384. The van der Waals surface area contributed by atoms with Crippen LogP contribution in [0.4, 0.5) is 10.5 Å². The Balaban J connectivity index is 1.77. The van der Waals surface area contributed by atoms with Gasteiger partial charge < -0.3 is 9.47 Å². The molecular formula is C22H22N2O6S. The van der Waals surface area contributed by atoms with Crippen molar-refractivity contribution >= 4 is 34.7 Å². The van der Waals surface area contributed by atoms with Crippen molar-refractivity contribution in [3.8, 4) is 11.5 Å². The van der Waals surface area contributed by atoms with E-state index in [-0.39, 0.29) is 18.3 Å². The van der Waals surface area contributed by atoms with E-state index in [0.29, 0.717) is 27.5 Å². The van der Waals surface area contributed by atoms with E-state index >= 15 is 0 Å².